The minimum absolute atomic E-state index is 0.140. The minimum atomic E-state index is -2.95. The minimum Gasteiger partial charge on any atom is -0.494 e. The Bertz CT molecular complexity index is 893. The number of benzene rings is 2. The summed E-state index contributed by atoms with van der Waals surface area (Å²) in [4.78, 5) is 0. The highest BCUT2D eigenvalue weighted by Gasteiger charge is 2.24. The van der Waals surface area contributed by atoms with Crippen molar-refractivity contribution in [2.45, 2.75) is 39.2 Å². The van der Waals surface area contributed by atoms with Crippen LogP contribution in [0.4, 0.5) is 0 Å². The highest BCUT2D eigenvalue weighted by molar-refractivity contribution is 7.90. The van der Waals surface area contributed by atoms with Crippen LogP contribution in [0.2, 0.25) is 0 Å². The molecule has 1 N–H and O–H groups in total. The predicted molar refractivity (Wildman–Crippen MR) is 104 cm³/mol. The van der Waals surface area contributed by atoms with E-state index in [2.05, 4.69) is 19.9 Å². The number of hydrogen-bond donors (Lipinski definition) is 1. The van der Waals surface area contributed by atoms with Crippen molar-refractivity contribution in [3.63, 3.8) is 0 Å². The third kappa shape index (κ3) is 4.10. The van der Waals surface area contributed by atoms with Gasteiger partial charge in [0, 0.05) is 6.26 Å². The number of hydrogen-bond acceptors (Lipinski definition) is 4. The van der Waals surface area contributed by atoms with Crippen LogP contribution in [0.5, 0.6) is 5.75 Å². The molecule has 0 heterocycles. The summed E-state index contributed by atoms with van der Waals surface area (Å²) < 4.78 is 28.1. The van der Waals surface area contributed by atoms with Crippen LogP contribution in [-0.4, -0.2) is 32.1 Å². The fourth-order valence-electron chi connectivity index (χ4n) is 3.81. The maximum absolute atomic E-state index is 11.2. The second-order valence-electron chi connectivity index (χ2n) is 7.19. The van der Waals surface area contributed by atoms with Gasteiger partial charge in [0.1, 0.15) is 15.6 Å². The summed E-state index contributed by atoms with van der Waals surface area (Å²) in [5.41, 5.74) is 6.92. The molecule has 0 saturated heterocycles. The number of fused-ring (bicyclic) bond motifs is 1. The van der Waals surface area contributed by atoms with Gasteiger partial charge in [-0.15, -0.1) is 0 Å². The lowest BCUT2D eigenvalue weighted by atomic mass is 9.90. The monoisotopic (exact) mass is 374 g/mol. The summed E-state index contributed by atoms with van der Waals surface area (Å²) in [5, 5.41) is 10.2. The van der Waals surface area contributed by atoms with E-state index in [1.807, 2.05) is 24.3 Å². The first kappa shape index (κ1) is 18.9. The van der Waals surface area contributed by atoms with Gasteiger partial charge in [0.05, 0.1) is 18.5 Å². The van der Waals surface area contributed by atoms with Gasteiger partial charge in [-0.25, -0.2) is 8.42 Å². The third-order valence-electron chi connectivity index (χ3n) is 4.94. The first-order valence-electron chi connectivity index (χ1n) is 8.98. The molecule has 0 radical (unpaired) electrons. The van der Waals surface area contributed by atoms with Crippen LogP contribution in [0.25, 0.3) is 11.1 Å². The van der Waals surface area contributed by atoms with Crippen molar-refractivity contribution < 1.29 is 18.3 Å². The van der Waals surface area contributed by atoms with Gasteiger partial charge < -0.3 is 9.84 Å². The Morgan fingerprint density at radius 1 is 1.19 bits per heavy atom. The SMILES string of the molecule is Cc1cc(OCCCS(C)(=O)=O)cc(C)c1-c1cccc2c1CCC2O. The van der Waals surface area contributed by atoms with Gasteiger partial charge >= 0.3 is 0 Å². The van der Waals surface area contributed by atoms with Gasteiger partial charge in [-0.05, 0) is 78.6 Å². The lowest BCUT2D eigenvalue weighted by molar-refractivity contribution is 0.180. The summed E-state index contributed by atoms with van der Waals surface area (Å²) in [7, 11) is -2.95. The number of aliphatic hydroxyl groups excluding tert-OH is 1. The van der Waals surface area contributed by atoms with E-state index in [-0.39, 0.29) is 11.9 Å². The number of sulfone groups is 1. The first-order chi connectivity index (χ1) is 12.3. The smallest absolute Gasteiger partial charge is 0.147 e. The van der Waals surface area contributed by atoms with E-state index < -0.39 is 9.84 Å². The second-order valence-corrected chi connectivity index (χ2v) is 9.45. The van der Waals surface area contributed by atoms with E-state index in [9.17, 15) is 13.5 Å². The number of aliphatic hydroxyl groups is 1. The van der Waals surface area contributed by atoms with E-state index >= 15 is 0 Å². The Balaban J connectivity index is 1.83. The molecule has 0 fully saturated rings. The molecule has 140 valence electrons. The van der Waals surface area contributed by atoms with Crippen molar-refractivity contribution in [2.24, 2.45) is 0 Å². The van der Waals surface area contributed by atoms with E-state index in [0.29, 0.717) is 13.0 Å². The molecule has 0 spiro atoms. The van der Waals surface area contributed by atoms with E-state index in [1.165, 1.54) is 22.9 Å². The van der Waals surface area contributed by atoms with Gasteiger partial charge in [0.15, 0.2) is 0 Å². The molecule has 0 aromatic heterocycles. The van der Waals surface area contributed by atoms with Crippen molar-refractivity contribution in [3.8, 4) is 16.9 Å². The standard InChI is InChI=1S/C21H26O4S/c1-14-12-16(25-10-5-11-26(3,23)24)13-15(2)21(14)19-7-4-6-18-17(19)8-9-20(18)22/h4,6-7,12-13,20,22H,5,8-11H2,1-3H3. The summed E-state index contributed by atoms with van der Waals surface area (Å²) in [6, 6.07) is 10.2. The van der Waals surface area contributed by atoms with Crippen LogP contribution in [0, 0.1) is 13.8 Å². The summed E-state index contributed by atoms with van der Waals surface area (Å²) in [5.74, 6) is 0.909. The summed E-state index contributed by atoms with van der Waals surface area (Å²) >= 11 is 0. The molecule has 1 aliphatic carbocycles. The topological polar surface area (TPSA) is 63.6 Å². The molecule has 4 nitrogen and oxygen atoms in total. The van der Waals surface area contributed by atoms with Crippen LogP contribution in [-0.2, 0) is 16.3 Å². The van der Waals surface area contributed by atoms with Crippen molar-refractivity contribution >= 4 is 9.84 Å². The molecule has 0 saturated carbocycles. The van der Waals surface area contributed by atoms with Gasteiger partial charge in [0.2, 0.25) is 0 Å². The molecule has 1 atom stereocenters. The third-order valence-corrected chi connectivity index (χ3v) is 5.97. The van der Waals surface area contributed by atoms with Gasteiger partial charge in [-0.2, -0.15) is 0 Å². The fourth-order valence-corrected chi connectivity index (χ4v) is 4.45. The molecule has 1 aliphatic rings. The molecule has 26 heavy (non-hydrogen) atoms. The van der Waals surface area contributed by atoms with E-state index in [0.717, 1.165) is 35.3 Å². The average molecular weight is 375 g/mol. The molecule has 3 rings (SSSR count). The number of rotatable bonds is 6. The Morgan fingerprint density at radius 3 is 2.54 bits per heavy atom. The van der Waals surface area contributed by atoms with Crippen LogP contribution >= 0.6 is 0 Å². The van der Waals surface area contributed by atoms with Crippen molar-refractivity contribution in [1.82, 2.24) is 0 Å². The zero-order valence-electron chi connectivity index (χ0n) is 15.6. The number of aryl methyl sites for hydroxylation is 2. The maximum atomic E-state index is 11.2. The lowest BCUT2D eigenvalue weighted by Gasteiger charge is -2.17. The van der Waals surface area contributed by atoms with Crippen LogP contribution in [0.15, 0.2) is 30.3 Å². The van der Waals surface area contributed by atoms with Gasteiger partial charge in [-0.3, -0.25) is 0 Å². The Morgan fingerprint density at radius 2 is 1.88 bits per heavy atom. The summed E-state index contributed by atoms with van der Waals surface area (Å²) in [6.07, 6.45) is 3.05. The van der Waals surface area contributed by atoms with Crippen molar-refractivity contribution in [3.05, 3.63) is 52.6 Å². The Labute approximate surface area is 155 Å². The molecule has 5 heteroatoms. The second kappa shape index (κ2) is 7.41. The zero-order chi connectivity index (χ0) is 18.9. The Hall–Kier alpha value is -1.85. The molecular weight excluding hydrogens is 348 g/mol. The molecule has 0 bridgehead atoms. The normalized spacial score (nSPS) is 16.5. The van der Waals surface area contributed by atoms with Crippen LogP contribution in [0.1, 0.15) is 41.2 Å². The highest BCUT2D eigenvalue weighted by atomic mass is 32.2. The van der Waals surface area contributed by atoms with E-state index in [4.69, 9.17) is 4.74 Å². The fraction of sp³-hybridized carbons (Fsp3) is 0.429. The van der Waals surface area contributed by atoms with Crippen molar-refractivity contribution in [2.75, 3.05) is 18.6 Å². The molecule has 0 amide bonds. The molecule has 0 aliphatic heterocycles. The zero-order valence-corrected chi connectivity index (χ0v) is 16.4. The maximum Gasteiger partial charge on any atom is 0.147 e. The van der Waals surface area contributed by atoms with Gasteiger partial charge in [0.25, 0.3) is 0 Å². The lowest BCUT2D eigenvalue weighted by Crippen LogP contribution is -2.08. The predicted octanol–water partition coefficient (Wildman–Crippen LogP) is 3.76. The Kier molecular flexibility index (Phi) is 5.39. The van der Waals surface area contributed by atoms with E-state index in [1.54, 1.807) is 0 Å². The van der Waals surface area contributed by atoms with Crippen LogP contribution in [0.3, 0.4) is 0 Å². The molecular formula is C21H26O4S. The first-order valence-corrected chi connectivity index (χ1v) is 11.0. The quantitative estimate of drug-likeness (QED) is 0.782. The number of ether oxygens (including phenoxy) is 1. The molecule has 2 aromatic rings. The largest absolute Gasteiger partial charge is 0.494 e. The highest BCUT2D eigenvalue weighted by Crippen LogP contribution is 2.40. The van der Waals surface area contributed by atoms with Gasteiger partial charge in [-0.1, -0.05) is 18.2 Å². The molecule has 2 aromatic carbocycles. The molecule has 1 unspecified atom stereocenters. The van der Waals surface area contributed by atoms with Crippen molar-refractivity contribution in [1.29, 1.82) is 0 Å². The summed E-state index contributed by atoms with van der Waals surface area (Å²) in [6.45, 7) is 4.52. The van der Waals surface area contributed by atoms with Crippen LogP contribution < -0.4 is 4.74 Å². The average Bonchev–Trinajstić information content (AvgIpc) is 2.92.